The van der Waals surface area contributed by atoms with Crippen LogP contribution in [0.25, 0.3) is 0 Å². The maximum absolute atomic E-state index is 2.83. The normalized spacial score (nSPS) is 23.6. The van der Waals surface area contributed by atoms with Crippen molar-refractivity contribution < 1.29 is 0 Å². The minimum absolute atomic E-state index is 0. The number of hydrogen-bond acceptors (Lipinski definition) is 1. The van der Waals surface area contributed by atoms with Crippen molar-refractivity contribution in [3.05, 3.63) is 35.9 Å². The molecule has 1 heterocycles. The molecule has 0 amide bonds. The predicted octanol–water partition coefficient (Wildman–Crippen LogP) is 5.30. The second kappa shape index (κ2) is 7.61. The van der Waals surface area contributed by atoms with Crippen LogP contribution in [0.1, 0.15) is 63.4 Å². The lowest BCUT2D eigenvalue weighted by atomic mass is 9.80. The van der Waals surface area contributed by atoms with E-state index in [0.717, 1.165) is 0 Å². The lowest BCUT2D eigenvalue weighted by molar-refractivity contribution is 0.0491. The van der Waals surface area contributed by atoms with Crippen LogP contribution in [0, 0.1) is 0 Å². The molecule has 20 heavy (non-hydrogen) atoms. The van der Waals surface area contributed by atoms with Gasteiger partial charge in [-0.1, -0.05) is 62.4 Å². The quantitative estimate of drug-likeness (QED) is 0.662. The second-order valence-electron chi connectivity index (χ2n) is 6.36. The second-order valence-corrected chi connectivity index (χ2v) is 6.36. The van der Waals surface area contributed by atoms with Crippen molar-refractivity contribution >= 4 is 17.0 Å². The van der Waals surface area contributed by atoms with E-state index in [1.54, 1.807) is 5.56 Å². The molecule has 1 aromatic rings. The van der Waals surface area contributed by atoms with E-state index < -0.39 is 0 Å². The average molecular weight is 338 g/mol. The van der Waals surface area contributed by atoms with E-state index in [1.165, 1.54) is 70.9 Å². The summed E-state index contributed by atoms with van der Waals surface area (Å²) in [5.74, 6) is 0. The van der Waals surface area contributed by atoms with Crippen molar-refractivity contribution in [1.82, 2.24) is 4.90 Å². The Balaban J connectivity index is 0.00000147. The summed E-state index contributed by atoms with van der Waals surface area (Å²) in [4.78, 5) is 2.83. The molecular formula is C18H28BrN. The van der Waals surface area contributed by atoms with Gasteiger partial charge in [0.25, 0.3) is 0 Å². The molecule has 0 unspecified atom stereocenters. The number of likely N-dealkylation sites (tertiary alicyclic amines) is 1. The van der Waals surface area contributed by atoms with E-state index >= 15 is 0 Å². The standard InChI is InChI=1S/C18H27N.BrH/c1-2-8-14-18(13-7-1,17-11-5-3-6-12-17)19-15-9-4-10-16-19;/h3,5-6,11-12H,1-2,4,7-10,13-16H2;1H. The zero-order valence-corrected chi connectivity index (χ0v) is 14.2. The lowest BCUT2D eigenvalue weighted by Crippen LogP contribution is -2.48. The van der Waals surface area contributed by atoms with Gasteiger partial charge in [0.15, 0.2) is 0 Å². The zero-order valence-electron chi connectivity index (χ0n) is 12.5. The van der Waals surface area contributed by atoms with E-state index in [-0.39, 0.29) is 17.0 Å². The number of benzene rings is 1. The molecule has 2 fully saturated rings. The van der Waals surface area contributed by atoms with Gasteiger partial charge in [0.2, 0.25) is 0 Å². The Labute approximate surface area is 134 Å². The SMILES string of the molecule is Br.c1ccc(C2(N3CCCCC3)CCCCCC2)cc1. The van der Waals surface area contributed by atoms with E-state index in [2.05, 4.69) is 35.2 Å². The highest BCUT2D eigenvalue weighted by Crippen LogP contribution is 2.42. The highest BCUT2D eigenvalue weighted by atomic mass is 79.9. The predicted molar refractivity (Wildman–Crippen MR) is 91.6 cm³/mol. The summed E-state index contributed by atoms with van der Waals surface area (Å²) in [5, 5.41) is 0. The van der Waals surface area contributed by atoms with Gasteiger partial charge in [-0.2, -0.15) is 0 Å². The molecule has 1 saturated heterocycles. The molecule has 0 aromatic heterocycles. The fourth-order valence-corrected chi connectivity index (χ4v) is 4.17. The highest BCUT2D eigenvalue weighted by molar-refractivity contribution is 8.93. The molecule has 2 aliphatic rings. The molecule has 1 aliphatic heterocycles. The summed E-state index contributed by atoms with van der Waals surface area (Å²) in [6.45, 7) is 2.63. The molecule has 112 valence electrons. The van der Waals surface area contributed by atoms with Gasteiger partial charge in [-0.15, -0.1) is 17.0 Å². The van der Waals surface area contributed by atoms with Crippen molar-refractivity contribution in [2.75, 3.05) is 13.1 Å². The third-order valence-electron chi connectivity index (χ3n) is 5.20. The Hall–Kier alpha value is -0.340. The maximum atomic E-state index is 2.83. The fourth-order valence-electron chi connectivity index (χ4n) is 4.17. The lowest BCUT2D eigenvalue weighted by Gasteiger charge is -2.46. The maximum Gasteiger partial charge on any atom is 0.0460 e. The fraction of sp³-hybridized carbons (Fsp3) is 0.667. The molecule has 0 spiro atoms. The molecule has 0 N–H and O–H groups in total. The van der Waals surface area contributed by atoms with Gasteiger partial charge in [0.1, 0.15) is 0 Å². The number of rotatable bonds is 2. The molecule has 0 bridgehead atoms. The van der Waals surface area contributed by atoms with Crippen LogP contribution < -0.4 is 0 Å². The topological polar surface area (TPSA) is 3.24 Å². The molecule has 1 nitrogen and oxygen atoms in total. The summed E-state index contributed by atoms with van der Waals surface area (Å²) in [5.41, 5.74) is 1.94. The molecule has 1 saturated carbocycles. The summed E-state index contributed by atoms with van der Waals surface area (Å²) in [7, 11) is 0. The Kier molecular flexibility index (Phi) is 6.10. The zero-order chi connectivity index (χ0) is 13.0. The Bertz CT molecular complexity index is 376. The summed E-state index contributed by atoms with van der Waals surface area (Å²) in [6, 6.07) is 11.4. The van der Waals surface area contributed by atoms with Crippen molar-refractivity contribution in [3.8, 4) is 0 Å². The molecule has 0 radical (unpaired) electrons. The van der Waals surface area contributed by atoms with Crippen molar-refractivity contribution in [1.29, 1.82) is 0 Å². The van der Waals surface area contributed by atoms with Crippen molar-refractivity contribution in [2.24, 2.45) is 0 Å². The summed E-state index contributed by atoms with van der Waals surface area (Å²) in [6.07, 6.45) is 12.7. The largest absolute Gasteiger partial charge is 0.294 e. The van der Waals surface area contributed by atoms with Gasteiger partial charge in [-0.3, -0.25) is 4.90 Å². The molecule has 0 atom stereocenters. The molecule has 2 heteroatoms. The van der Waals surface area contributed by atoms with Crippen molar-refractivity contribution in [3.63, 3.8) is 0 Å². The van der Waals surface area contributed by atoms with Crippen molar-refractivity contribution in [2.45, 2.75) is 63.3 Å². The van der Waals surface area contributed by atoms with Crippen LogP contribution in [0.5, 0.6) is 0 Å². The van der Waals surface area contributed by atoms with Gasteiger partial charge >= 0.3 is 0 Å². The van der Waals surface area contributed by atoms with E-state index in [0.29, 0.717) is 5.54 Å². The van der Waals surface area contributed by atoms with Gasteiger partial charge in [0, 0.05) is 5.54 Å². The van der Waals surface area contributed by atoms with Crippen LogP contribution in [-0.4, -0.2) is 18.0 Å². The molecule has 1 aromatic carbocycles. The number of halogens is 1. The van der Waals surface area contributed by atoms with E-state index in [4.69, 9.17) is 0 Å². The van der Waals surface area contributed by atoms with Gasteiger partial charge in [0.05, 0.1) is 0 Å². The molecular weight excluding hydrogens is 310 g/mol. The van der Waals surface area contributed by atoms with Crippen LogP contribution in [-0.2, 0) is 5.54 Å². The minimum atomic E-state index is 0. The Morgan fingerprint density at radius 2 is 1.25 bits per heavy atom. The average Bonchev–Trinajstić information content (AvgIpc) is 2.76. The smallest absolute Gasteiger partial charge is 0.0460 e. The van der Waals surface area contributed by atoms with Crippen LogP contribution in [0.2, 0.25) is 0 Å². The first-order chi connectivity index (χ1) is 9.42. The monoisotopic (exact) mass is 337 g/mol. The Morgan fingerprint density at radius 3 is 1.85 bits per heavy atom. The first-order valence-corrected chi connectivity index (χ1v) is 8.22. The third-order valence-corrected chi connectivity index (χ3v) is 5.20. The number of nitrogens with zero attached hydrogens (tertiary/aromatic N) is 1. The molecule has 1 aliphatic carbocycles. The van der Waals surface area contributed by atoms with E-state index in [1.807, 2.05) is 0 Å². The highest BCUT2D eigenvalue weighted by Gasteiger charge is 2.38. The van der Waals surface area contributed by atoms with Crippen LogP contribution in [0.15, 0.2) is 30.3 Å². The van der Waals surface area contributed by atoms with Gasteiger partial charge in [-0.05, 0) is 44.3 Å². The first kappa shape index (κ1) is 16.0. The van der Waals surface area contributed by atoms with E-state index in [9.17, 15) is 0 Å². The van der Waals surface area contributed by atoms with Crippen LogP contribution >= 0.6 is 17.0 Å². The van der Waals surface area contributed by atoms with Crippen LogP contribution in [0.3, 0.4) is 0 Å². The first-order valence-electron chi connectivity index (χ1n) is 8.22. The number of piperidine rings is 1. The molecule has 3 rings (SSSR count). The summed E-state index contributed by atoms with van der Waals surface area (Å²) < 4.78 is 0. The summed E-state index contributed by atoms with van der Waals surface area (Å²) >= 11 is 0. The number of hydrogen-bond donors (Lipinski definition) is 0. The minimum Gasteiger partial charge on any atom is -0.294 e. The third kappa shape index (κ3) is 3.28. The Morgan fingerprint density at radius 1 is 0.700 bits per heavy atom. The van der Waals surface area contributed by atoms with Crippen LogP contribution in [0.4, 0.5) is 0 Å². The van der Waals surface area contributed by atoms with Gasteiger partial charge < -0.3 is 0 Å². The van der Waals surface area contributed by atoms with Gasteiger partial charge in [-0.25, -0.2) is 0 Å².